The van der Waals surface area contributed by atoms with Gasteiger partial charge in [-0.05, 0) is 18.6 Å². The Morgan fingerprint density at radius 2 is 1.50 bits per heavy atom. The van der Waals surface area contributed by atoms with E-state index in [2.05, 4.69) is 0 Å². The number of nitro benzene ring substituents is 1. The van der Waals surface area contributed by atoms with Gasteiger partial charge in [-0.3, -0.25) is 29.3 Å². The third-order valence-electron chi connectivity index (χ3n) is 7.22. The topological polar surface area (TPSA) is 124 Å². The lowest BCUT2D eigenvalue weighted by Gasteiger charge is -2.27. The van der Waals surface area contributed by atoms with Crippen molar-refractivity contribution in [3.05, 3.63) is 105 Å². The zero-order valence-electron chi connectivity index (χ0n) is 18.9. The van der Waals surface area contributed by atoms with Gasteiger partial charge in [0, 0.05) is 23.3 Å². The number of fused-ring (bicyclic) bond motifs is 3. The van der Waals surface area contributed by atoms with Gasteiger partial charge in [0.05, 0.1) is 28.6 Å². The largest absolute Gasteiger partial charge is 0.349 e. The van der Waals surface area contributed by atoms with Crippen molar-refractivity contribution in [3.8, 4) is 0 Å². The van der Waals surface area contributed by atoms with Crippen LogP contribution in [0, 0.1) is 28.9 Å². The molecule has 1 aliphatic carbocycles. The van der Waals surface area contributed by atoms with Crippen molar-refractivity contribution in [2.45, 2.75) is 18.6 Å². The predicted octanol–water partition coefficient (Wildman–Crippen LogP) is 3.60. The van der Waals surface area contributed by atoms with E-state index in [1.54, 1.807) is 24.3 Å². The molecule has 2 fully saturated rings. The van der Waals surface area contributed by atoms with Crippen LogP contribution in [0.2, 0.25) is 0 Å². The van der Waals surface area contributed by atoms with Crippen LogP contribution in [-0.2, 0) is 14.3 Å². The maximum absolute atomic E-state index is 13.9. The molecule has 3 aromatic rings. The second-order valence-corrected chi connectivity index (χ2v) is 9.18. The molecule has 3 atom stereocenters. The second kappa shape index (κ2) is 7.50. The molecule has 178 valence electrons. The number of aryl methyl sites for hydroxylation is 1. The number of benzene rings is 3. The molecule has 0 bridgehead atoms. The molecule has 2 heterocycles. The molecule has 2 saturated heterocycles. The lowest BCUT2D eigenvalue weighted by Crippen LogP contribution is -2.51. The van der Waals surface area contributed by atoms with Crippen molar-refractivity contribution in [2.75, 3.05) is 4.90 Å². The standard InChI is InChI=1S/C27H18N2O7/c1-14-9-11-15(12-10-14)22-20-21(27(36-22)23(30)18-7-2-3-8-19(18)24(27)31)26(33)28(25(20)32)16-5-4-6-17(13-16)29(34)35/h2-13,20-22H,1H3/t20-,21-,22+/m1/s1. The second-order valence-electron chi connectivity index (χ2n) is 9.18. The van der Waals surface area contributed by atoms with Gasteiger partial charge < -0.3 is 4.74 Å². The maximum Gasteiger partial charge on any atom is 0.271 e. The van der Waals surface area contributed by atoms with E-state index in [1.165, 1.54) is 30.3 Å². The van der Waals surface area contributed by atoms with E-state index >= 15 is 0 Å². The minimum atomic E-state index is -2.19. The van der Waals surface area contributed by atoms with E-state index in [0.717, 1.165) is 16.5 Å². The first-order valence-corrected chi connectivity index (χ1v) is 11.3. The Kier molecular flexibility index (Phi) is 4.58. The fourth-order valence-electron chi connectivity index (χ4n) is 5.57. The van der Waals surface area contributed by atoms with Crippen molar-refractivity contribution >= 4 is 34.8 Å². The van der Waals surface area contributed by atoms with E-state index in [-0.39, 0.29) is 22.5 Å². The van der Waals surface area contributed by atoms with Crippen LogP contribution in [0.5, 0.6) is 0 Å². The summed E-state index contributed by atoms with van der Waals surface area (Å²) in [6.45, 7) is 1.89. The predicted molar refractivity (Wildman–Crippen MR) is 125 cm³/mol. The summed E-state index contributed by atoms with van der Waals surface area (Å²) < 4.78 is 6.22. The molecule has 0 aromatic heterocycles. The number of anilines is 1. The van der Waals surface area contributed by atoms with Gasteiger partial charge in [0.1, 0.15) is 0 Å². The van der Waals surface area contributed by atoms with Crippen molar-refractivity contribution in [3.63, 3.8) is 0 Å². The van der Waals surface area contributed by atoms with Crippen molar-refractivity contribution in [1.29, 1.82) is 0 Å². The SMILES string of the molecule is Cc1ccc([C@@H]2OC3(C(=O)c4ccccc4C3=O)[C@H]3C(=O)N(c4cccc([N+](=O)[O-])c4)C(=O)[C@@H]23)cc1. The molecule has 9 heteroatoms. The minimum Gasteiger partial charge on any atom is -0.349 e. The molecule has 0 saturated carbocycles. The highest BCUT2D eigenvalue weighted by Crippen LogP contribution is 2.57. The molecule has 3 aromatic carbocycles. The van der Waals surface area contributed by atoms with Gasteiger partial charge in [0.2, 0.25) is 29.0 Å². The summed E-state index contributed by atoms with van der Waals surface area (Å²) in [5.74, 6) is -5.37. The van der Waals surface area contributed by atoms with E-state index in [0.29, 0.717) is 5.56 Å². The molecule has 2 aliphatic heterocycles. The number of carbonyl (C=O) groups is 4. The quantitative estimate of drug-likeness (QED) is 0.242. The van der Waals surface area contributed by atoms with E-state index in [1.807, 2.05) is 19.1 Å². The lowest BCUT2D eigenvalue weighted by atomic mass is 9.77. The Balaban J connectivity index is 1.54. The van der Waals surface area contributed by atoms with Crippen LogP contribution in [0.3, 0.4) is 0 Å². The van der Waals surface area contributed by atoms with E-state index in [9.17, 15) is 29.3 Å². The summed E-state index contributed by atoms with van der Waals surface area (Å²) in [6.07, 6.45) is -1.04. The zero-order valence-corrected chi connectivity index (χ0v) is 18.9. The fraction of sp³-hybridized carbons (Fsp3) is 0.185. The molecule has 0 radical (unpaired) electrons. The third kappa shape index (κ3) is 2.74. The van der Waals surface area contributed by atoms with Gasteiger partial charge in [-0.1, -0.05) is 60.2 Å². The summed E-state index contributed by atoms with van der Waals surface area (Å²) in [6, 6.07) is 18.5. The van der Waals surface area contributed by atoms with Crippen LogP contribution in [0.1, 0.15) is 37.9 Å². The Hall–Kier alpha value is -4.50. The number of nitro groups is 1. The number of nitrogens with zero attached hydrogens (tertiary/aromatic N) is 2. The van der Waals surface area contributed by atoms with Crippen LogP contribution in [0.25, 0.3) is 0 Å². The zero-order chi connectivity index (χ0) is 25.4. The highest BCUT2D eigenvalue weighted by atomic mass is 16.6. The number of Topliss-reactive ketones (excluding diaryl/α,β-unsaturated/α-hetero) is 2. The fourth-order valence-corrected chi connectivity index (χ4v) is 5.57. The van der Waals surface area contributed by atoms with Crippen LogP contribution >= 0.6 is 0 Å². The Morgan fingerprint density at radius 3 is 2.11 bits per heavy atom. The highest BCUT2D eigenvalue weighted by molar-refractivity contribution is 6.37. The number of ether oxygens (including phenoxy) is 1. The number of ketones is 2. The first kappa shape index (κ1) is 22.0. The Morgan fingerprint density at radius 1 is 0.861 bits per heavy atom. The van der Waals surface area contributed by atoms with Crippen LogP contribution < -0.4 is 4.90 Å². The summed E-state index contributed by atoms with van der Waals surface area (Å²) in [4.78, 5) is 66.6. The van der Waals surface area contributed by atoms with Gasteiger partial charge in [0.15, 0.2) is 0 Å². The Bertz CT molecular complexity index is 1480. The first-order chi connectivity index (χ1) is 17.3. The van der Waals surface area contributed by atoms with Crippen LogP contribution in [0.4, 0.5) is 11.4 Å². The number of imide groups is 1. The number of hydrogen-bond acceptors (Lipinski definition) is 7. The monoisotopic (exact) mass is 482 g/mol. The van der Waals surface area contributed by atoms with Gasteiger partial charge in [0.25, 0.3) is 5.69 Å². The van der Waals surface area contributed by atoms with E-state index in [4.69, 9.17) is 4.74 Å². The molecule has 0 unspecified atom stereocenters. The van der Waals surface area contributed by atoms with Gasteiger partial charge in [-0.15, -0.1) is 0 Å². The smallest absolute Gasteiger partial charge is 0.271 e. The van der Waals surface area contributed by atoms with Gasteiger partial charge in [-0.2, -0.15) is 0 Å². The molecular weight excluding hydrogens is 464 g/mol. The van der Waals surface area contributed by atoms with Gasteiger partial charge >= 0.3 is 0 Å². The van der Waals surface area contributed by atoms with Crippen molar-refractivity contribution in [2.24, 2.45) is 11.8 Å². The average Bonchev–Trinajstić information content (AvgIpc) is 3.44. The highest BCUT2D eigenvalue weighted by Gasteiger charge is 2.74. The number of amides is 2. The molecular formula is C27H18N2O7. The summed E-state index contributed by atoms with van der Waals surface area (Å²) in [5, 5.41) is 11.3. The summed E-state index contributed by atoms with van der Waals surface area (Å²) in [5.41, 5.74) is -0.707. The molecule has 9 nitrogen and oxygen atoms in total. The first-order valence-electron chi connectivity index (χ1n) is 11.3. The average molecular weight is 482 g/mol. The number of carbonyl (C=O) groups excluding carboxylic acids is 4. The van der Waals surface area contributed by atoms with Crippen LogP contribution in [-0.4, -0.2) is 33.9 Å². The Labute approximate surface area is 204 Å². The summed E-state index contributed by atoms with van der Waals surface area (Å²) >= 11 is 0. The molecule has 1 spiro atoms. The van der Waals surface area contributed by atoms with Gasteiger partial charge in [-0.25, -0.2) is 4.90 Å². The maximum atomic E-state index is 13.9. The molecule has 2 amide bonds. The lowest BCUT2D eigenvalue weighted by molar-refractivity contribution is -0.384. The molecule has 6 rings (SSSR count). The third-order valence-corrected chi connectivity index (χ3v) is 7.22. The van der Waals surface area contributed by atoms with Crippen LogP contribution in [0.15, 0.2) is 72.8 Å². The van der Waals surface area contributed by atoms with Crippen molar-refractivity contribution < 1.29 is 28.8 Å². The number of hydrogen-bond donors (Lipinski definition) is 0. The van der Waals surface area contributed by atoms with E-state index < -0.39 is 51.8 Å². The minimum absolute atomic E-state index is 0.00168. The number of rotatable bonds is 3. The molecule has 0 N–H and O–H groups in total. The normalized spacial score (nSPS) is 23.9. The molecule has 36 heavy (non-hydrogen) atoms. The van der Waals surface area contributed by atoms with Crippen molar-refractivity contribution in [1.82, 2.24) is 0 Å². The summed E-state index contributed by atoms with van der Waals surface area (Å²) in [7, 11) is 0. The molecule has 3 aliphatic rings. The number of non-ortho nitro benzene ring substituents is 1.